The molecule has 4 heteroatoms. The second kappa shape index (κ2) is 5.43. The summed E-state index contributed by atoms with van der Waals surface area (Å²) in [5.74, 6) is -0.709. The van der Waals surface area contributed by atoms with E-state index in [0.717, 1.165) is 19.3 Å². The number of halogens is 2. The molecule has 0 radical (unpaired) electrons. The smallest absolute Gasteiger partial charge is 0.321 e. The molecule has 0 heterocycles. The van der Waals surface area contributed by atoms with Gasteiger partial charge >= 0.3 is 5.97 Å². The molecule has 0 bridgehead atoms. The molecule has 2 nitrogen and oxygen atoms in total. The molecule has 0 aromatic heterocycles. The molecule has 0 N–H and O–H groups in total. The van der Waals surface area contributed by atoms with Gasteiger partial charge in [0.15, 0.2) is 0 Å². The number of rotatable bonds is 2. The van der Waals surface area contributed by atoms with Crippen LogP contribution in [0.1, 0.15) is 32.1 Å². The Bertz CT molecular complexity index is 175. The molecule has 13 heavy (non-hydrogen) atoms. The number of hydrogen-bond acceptors (Lipinski definition) is 2. The van der Waals surface area contributed by atoms with Crippen LogP contribution in [0.5, 0.6) is 0 Å². The first-order chi connectivity index (χ1) is 6.24. The molecule has 2 atom stereocenters. The fourth-order valence-electron chi connectivity index (χ4n) is 1.56. The van der Waals surface area contributed by atoms with E-state index in [-0.39, 0.29) is 5.88 Å². The van der Waals surface area contributed by atoms with Crippen molar-refractivity contribution in [2.75, 3.05) is 5.88 Å². The summed E-state index contributed by atoms with van der Waals surface area (Å²) in [6.45, 7) is 0. The second-order valence-corrected chi connectivity index (χ2v) is 3.58. The highest BCUT2D eigenvalue weighted by Crippen LogP contribution is 2.23. The van der Waals surface area contributed by atoms with Gasteiger partial charge in [0.05, 0.1) is 0 Å². The molecular formula is C9H14ClFO2. The highest BCUT2D eigenvalue weighted by atomic mass is 35.5. The van der Waals surface area contributed by atoms with E-state index < -0.39 is 18.2 Å². The van der Waals surface area contributed by atoms with Crippen LogP contribution in [-0.4, -0.2) is 24.1 Å². The van der Waals surface area contributed by atoms with E-state index in [4.69, 9.17) is 16.3 Å². The van der Waals surface area contributed by atoms with Crippen LogP contribution in [0.15, 0.2) is 0 Å². The van der Waals surface area contributed by atoms with Crippen LogP contribution < -0.4 is 0 Å². The van der Waals surface area contributed by atoms with Gasteiger partial charge in [0.1, 0.15) is 18.2 Å². The molecule has 0 aliphatic heterocycles. The predicted molar refractivity (Wildman–Crippen MR) is 48.6 cm³/mol. The zero-order chi connectivity index (χ0) is 9.68. The number of alkyl halides is 2. The first-order valence-corrected chi connectivity index (χ1v) is 5.17. The van der Waals surface area contributed by atoms with Crippen molar-refractivity contribution in [1.82, 2.24) is 0 Å². The summed E-state index contributed by atoms with van der Waals surface area (Å²) < 4.78 is 18.2. The quantitative estimate of drug-likeness (QED) is 0.396. The van der Waals surface area contributed by atoms with Gasteiger partial charge in [-0.25, -0.2) is 4.39 Å². The second-order valence-electron chi connectivity index (χ2n) is 3.32. The molecule has 1 rings (SSSR count). The van der Waals surface area contributed by atoms with Crippen molar-refractivity contribution in [3.05, 3.63) is 0 Å². The summed E-state index contributed by atoms with van der Waals surface area (Å²) in [7, 11) is 0. The van der Waals surface area contributed by atoms with Gasteiger partial charge in [0.25, 0.3) is 0 Å². The van der Waals surface area contributed by atoms with Crippen LogP contribution in [0.2, 0.25) is 0 Å². The zero-order valence-electron chi connectivity index (χ0n) is 7.47. The molecule has 0 aromatic carbocycles. The first kappa shape index (κ1) is 10.8. The number of esters is 1. The Kier molecular flexibility index (Phi) is 4.50. The monoisotopic (exact) mass is 208 g/mol. The molecule has 1 saturated carbocycles. The lowest BCUT2D eigenvalue weighted by Gasteiger charge is -2.18. The maximum atomic E-state index is 13.3. The van der Waals surface area contributed by atoms with Crippen molar-refractivity contribution >= 4 is 17.6 Å². The fourth-order valence-corrected chi connectivity index (χ4v) is 1.62. The Morgan fingerprint density at radius 2 is 2.08 bits per heavy atom. The predicted octanol–water partition coefficient (Wildman–Crippen LogP) is 2.44. The Labute approximate surface area is 82.4 Å². The Hall–Kier alpha value is -0.310. The topological polar surface area (TPSA) is 26.3 Å². The molecule has 1 fully saturated rings. The minimum absolute atomic E-state index is 0.191. The highest BCUT2D eigenvalue weighted by Gasteiger charge is 2.26. The molecule has 0 amide bonds. The summed E-state index contributed by atoms with van der Waals surface area (Å²) in [6.07, 6.45) is 2.40. The molecule has 0 saturated heterocycles. The van der Waals surface area contributed by atoms with Gasteiger partial charge in [0.2, 0.25) is 0 Å². The Morgan fingerprint density at radius 1 is 1.38 bits per heavy atom. The van der Waals surface area contributed by atoms with Gasteiger partial charge in [0, 0.05) is 0 Å². The van der Waals surface area contributed by atoms with E-state index in [1.54, 1.807) is 0 Å². The molecule has 0 unspecified atom stereocenters. The van der Waals surface area contributed by atoms with Gasteiger partial charge < -0.3 is 4.74 Å². The lowest BCUT2D eigenvalue weighted by atomic mass is 10.1. The fraction of sp³-hybridized carbons (Fsp3) is 0.889. The molecular weight excluding hydrogens is 195 g/mol. The van der Waals surface area contributed by atoms with Crippen molar-refractivity contribution in [3.8, 4) is 0 Å². The minimum Gasteiger partial charge on any atom is -0.458 e. The van der Waals surface area contributed by atoms with Crippen molar-refractivity contribution in [2.24, 2.45) is 0 Å². The van der Waals surface area contributed by atoms with Crippen molar-refractivity contribution in [3.63, 3.8) is 0 Å². The maximum absolute atomic E-state index is 13.3. The van der Waals surface area contributed by atoms with E-state index in [9.17, 15) is 9.18 Å². The average molecular weight is 209 g/mol. The van der Waals surface area contributed by atoms with Crippen LogP contribution in [0.25, 0.3) is 0 Å². The lowest BCUT2D eigenvalue weighted by Crippen LogP contribution is -2.27. The number of hydrogen-bond donors (Lipinski definition) is 0. The summed E-state index contributed by atoms with van der Waals surface area (Å²) in [6, 6.07) is 0. The average Bonchev–Trinajstić information content (AvgIpc) is 2.32. The van der Waals surface area contributed by atoms with E-state index in [1.165, 1.54) is 0 Å². The Morgan fingerprint density at radius 3 is 2.77 bits per heavy atom. The van der Waals surface area contributed by atoms with Crippen LogP contribution in [0, 0.1) is 0 Å². The normalized spacial score (nSPS) is 29.4. The number of carbonyl (C=O) groups excluding carboxylic acids is 1. The van der Waals surface area contributed by atoms with Gasteiger partial charge in [-0.05, 0) is 19.3 Å². The molecule has 76 valence electrons. The number of ether oxygens (including phenoxy) is 1. The summed E-state index contributed by atoms with van der Waals surface area (Å²) in [5, 5.41) is 0. The third-order valence-electron chi connectivity index (χ3n) is 2.26. The zero-order valence-corrected chi connectivity index (χ0v) is 8.23. The SMILES string of the molecule is O=C(CCl)O[C@@H]1CCCCC[C@H]1F. The third kappa shape index (κ3) is 3.51. The van der Waals surface area contributed by atoms with E-state index >= 15 is 0 Å². The van der Waals surface area contributed by atoms with Crippen molar-refractivity contribution < 1.29 is 13.9 Å². The molecule has 0 aromatic rings. The Balaban J connectivity index is 2.40. The third-order valence-corrected chi connectivity index (χ3v) is 2.48. The standard InChI is InChI=1S/C9H14ClFO2/c10-6-9(12)13-8-5-3-1-2-4-7(8)11/h7-8H,1-6H2/t7-,8-/m1/s1. The van der Waals surface area contributed by atoms with E-state index in [0.29, 0.717) is 12.8 Å². The maximum Gasteiger partial charge on any atom is 0.321 e. The highest BCUT2D eigenvalue weighted by molar-refractivity contribution is 6.26. The summed E-state index contributed by atoms with van der Waals surface area (Å²) >= 11 is 5.26. The number of carbonyl (C=O) groups is 1. The van der Waals surface area contributed by atoms with E-state index in [2.05, 4.69) is 0 Å². The minimum atomic E-state index is -1.00. The van der Waals surface area contributed by atoms with Gasteiger partial charge in [-0.3, -0.25) is 4.79 Å². The largest absolute Gasteiger partial charge is 0.458 e. The van der Waals surface area contributed by atoms with Crippen molar-refractivity contribution in [2.45, 2.75) is 44.4 Å². The van der Waals surface area contributed by atoms with Crippen LogP contribution in [-0.2, 0) is 9.53 Å². The van der Waals surface area contributed by atoms with Crippen molar-refractivity contribution in [1.29, 1.82) is 0 Å². The van der Waals surface area contributed by atoms with Gasteiger partial charge in [-0.2, -0.15) is 0 Å². The van der Waals surface area contributed by atoms with Crippen LogP contribution >= 0.6 is 11.6 Å². The molecule has 0 spiro atoms. The van der Waals surface area contributed by atoms with E-state index in [1.807, 2.05) is 0 Å². The van der Waals surface area contributed by atoms with Gasteiger partial charge in [-0.15, -0.1) is 11.6 Å². The van der Waals surface area contributed by atoms with Gasteiger partial charge in [-0.1, -0.05) is 12.8 Å². The summed E-state index contributed by atoms with van der Waals surface area (Å²) in [5.41, 5.74) is 0. The molecule has 1 aliphatic carbocycles. The molecule has 1 aliphatic rings. The van der Waals surface area contributed by atoms with Crippen LogP contribution in [0.4, 0.5) is 4.39 Å². The lowest BCUT2D eigenvalue weighted by molar-refractivity contribution is -0.149. The summed E-state index contributed by atoms with van der Waals surface area (Å²) in [4.78, 5) is 10.8. The first-order valence-electron chi connectivity index (χ1n) is 4.63. The van der Waals surface area contributed by atoms with Crippen LogP contribution in [0.3, 0.4) is 0 Å².